The highest BCUT2D eigenvalue weighted by atomic mass is 79.9. The van der Waals surface area contributed by atoms with Gasteiger partial charge in [-0.05, 0) is 40.2 Å². The number of thiophene rings is 1. The Labute approximate surface area is 137 Å². The van der Waals surface area contributed by atoms with Crippen molar-refractivity contribution in [2.75, 3.05) is 0 Å². The van der Waals surface area contributed by atoms with E-state index < -0.39 is 5.97 Å². The molecule has 3 aromatic rings. The first kappa shape index (κ1) is 14.3. The van der Waals surface area contributed by atoms with E-state index in [1.54, 1.807) is 36.7 Å². The van der Waals surface area contributed by atoms with Crippen molar-refractivity contribution >= 4 is 54.9 Å². The lowest BCUT2D eigenvalue weighted by atomic mass is 10.3. The summed E-state index contributed by atoms with van der Waals surface area (Å²) in [6, 6.07) is 6.76. The molecule has 0 fully saturated rings. The third-order valence-corrected chi connectivity index (χ3v) is 4.65. The third-order valence-electron chi connectivity index (χ3n) is 2.73. The minimum Gasteiger partial charge on any atom is -0.477 e. The van der Waals surface area contributed by atoms with Gasteiger partial charge in [0.15, 0.2) is 5.75 Å². The Morgan fingerprint density at radius 1 is 1.29 bits per heavy atom. The summed E-state index contributed by atoms with van der Waals surface area (Å²) in [6.07, 6.45) is 3.18. The SMILES string of the molecule is O=C(O)c1cc2c(Oc3ccc(Cl)cc3Br)cncc2s1. The Bertz CT molecular complexity index is 849. The molecule has 0 radical (unpaired) electrons. The number of rotatable bonds is 3. The average Bonchev–Trinajstić information content (AvgIpc) is 2.87. The summed E-state index contributed by atoms with van der Waals surface area (Å²) in [6.45, 7) is 0. The molecule has 0 bridgehead atoms. The maximum absolute atomic E-state index is 11.1. The van der Waals surface area contributed by atoms with Crippen molar-refractivity contribution in [1.82, 2.24) is 4.98 Å². The van der Waals surface area contributed by atoms with Crippen LogP contribution in [-0.2, 0) is 0 Å². The number of halogens is 2. The molecule has 3 rings (SSSR count). The zero-order valence-electron chi connectivity index (χ0n) is 10.3. The molecule has 0 atom stereocenters. The molecule has 0 aliphatic carbocycles. The predicted molar refractivity (Wildman–Crippen MR) is 85.8 cm³/mol. The van der Waals surface area contributed by atoms with Crippen molar-refractivity contribution < 1.29 is 14.6 Å². The molecule has 0 aliphatic rings. The summed E-state index contributed by atoms with van der Waals surface area (Å²) in [5.41, 5.74) is 0. The summed E-state index contributed by atoms with van der Waals surface area (Å²) in [5, 5.41) is 10.4. The van der Waals surface area contributed by atoms with Crippen molar-refractivity contribution in [2.45, 2.75) is 0 Å². The number of ether oxygens (including phenoxy) is 1. The molecule has 0 amide bonds. The van der Waals surface area contributed by atoms with Gasteiger partial charge >= 0.3 is 5.97 Å². The molecule has 7 heteroatoms. The molecule has 0 saturated carbocycles. The number of nitrogens with zero attached hydrogens (tertiary/aromatic N) is 1. The molecule has 2 heterocycles. The zero-order chi connectivity index (χ0) is 15.0. The molecule has 21 heavy (non-hydrogen) atoms. The summed E-state index contributed by atoms with van der Waals surface area (Å²) < 4.78 is 7.28. The summed E-state index contributed by atoms with van der Waals surface area (Å²) in [7, 11) is 0. The number of aromatic nitrogens is 1. The molecular weight excluding hydrogens is 378 g/mol. The van der Waals surface area contributed by atoms with Crippen LogP contribution in [0.25, 0.3) is 10.1 Å². The monoisotopic (exact) mass is 383 g/mol. The lowest BCUT2D eigenvalue weighted by molar-refractivity contribution is 0.0702. The number of pyridine rings is 1. The molecule has 4 nitrogen and oxygen atoms in total. The highest BCUT2D eigenvalue weighted by Gasteiger charge is 2.13. The van der Waals surface area contributed by atoms with Crippen LogP contribution in [0.3, 0.4) is 0 Å². The lowest BCUT2D eigenvalue weighted by Gasteiger charge is -2.08. The largest absolute Gasteiger partial charge is 0.477 e. The van der Waals surface area contributed by atoms with Gasteiger partial charge in [0.2, 0.25) is 0 Å². The van der Waals surface area contributed by atoms with Crippen LogP contribution in [0, 0.1) is 0 Å². The first-order chi connectivity index (χ1) is 10.0. The maximum atomic E-state index is 11.1. The van der Waals surface area contributed by atoms with Gasteiger partial charge in [0.1, 0.15) is 10.6 Å². The van der Waals surface area contributed by atoms with E-state index in [1.807, 2.05) is 0 Å². The Morgan fingerprint density at radius 2 is 2.10 bits per heavy atom. The van der Waals surface area contributed by atoms with Crippen molar-refractivity contribution in [3.8, 4) is 11.5 Å². The van der Waals surface area contributed by atoms with E-state index in [-0.39, 0.29) is 4.88 Å². The number of hydrogen-bond acceptors (Lipinski definition) is 4. The van der Waals surface area contributed by atoms with E-state index in [0.29, 0.717) is 26.4 Å². The predicted octanol–water partition coefficient (Wildman–Crippen LogP) is 5.20. The van der Waals surface area contributed by atoms with E-state index in [0.717, 1.165) is 16.0 Å². The first-order valence-corrected chi connectivity index (χ1v) is 7.77. The second kappa shape index (κ2) is 5.63. The molecular formula is C14H7BrClNO3S. The van der Waals surface area contributed by atoms with Gasteiger partial charge in [0.25, 0.3) is 0 Å². The minimum atomic E-state index is -0.963. The van der Waals surface area contributed by atoms with Crippen LogP contribution in [0.15, 0.2) is 41.1 Å². The number of carboxylic acid groups (broad SMARTS) is 1. The molecule has 0 spiro atoms. The molecule has 0 aliphatic heterocycles. The fraction of sp³-hybridized carbons (Fsp3) is 0. The van der Waals surface area contributed by atoms with Crippen LogP contribution in [0.4, 0.5) is 0 Å². The number of carbonyl (C=O) groups is 1. The Hall–Kier alpha value is -1.63. The topological polar surface area (TPSA) is 59.4 Å². The van der Waals surface area contributed by atoms with Crippen LogP contribution in [-0.4, -0.2) is 16.1 Å². The first-order valence-electron chi connectivity index (χ1n) is 5.78. The van der Waals surface area contributed by atoms with Crippen molar-refractivity contribution in [3.05, 3.63) is 51.0 Å². The number of hydrogen-bond donors (Lipinski definition) is 1. The third kappa shape index (κ3) is 2.88. The van der Waals surface area contributed by atoms with Crippen molar-refractivity contribution in [3.63, 3.8) is 0 Å². The number of carboxylic acids is 1. The minimum absolute atomic E-state index is 0.248. The van der Waals surface area contributed by atoms with Crippen molar-refractivity contribution in [1.29, 1.82) is 0 Å². The molecule has 1 N–H and O–H groups in total. The Balaban J connectivity index is 2.06. The fourth-order valence-electron chi connectivity index (χ4n) is 1.80. The molecule has 0 unspecified atom stereocenters. The maximum Gasteiger partial charge on any atom is 0.345 e. The zero-order valence-corrected chi connectivity index (χ0v) is 13.5. The lowest BCUT2D eigenvalue weighted by Crippen LogP contribution is -1.90. The van der Waals surface area contributed by atoms with Crippen LogP contribution in [0.1, 0.15) is 9.67 Å². The van der Waals surface area contributed by atoms with Gasteiger partial charge in [0, 0.05) is 16.6 Å². The summed E-state index contributed by atoms with van der Waals surface area (Å²) >= 11 is 10.4. The van der Waals surface area contributed by atoms with E-state index in [9.17, 15) is 4.79 Å². The van der Waals surface area contributed by atoms with E-state index in [2.05, 4.69) is 20.9 Å². The molecule has 0 saturated heterocycles. The fourth-order valence-corrected chi connectivity index (χ4v) is 3.45. The average molecular weight is 385 g/mol. The van der Waals surface area contributed by atoms with E-state index in [1.165, 1.54) is 0 Å². The van der Waals surface area contributed by atoms with Gasteiger partial charge in [-0.15, -0.1) is 11.3 Å². The quantitative estimate of drug-likeness (QED) is 0.674. The van der Waals surface area contributed by atoms with Crippen molar-refractivity contribution in [2.24, 2.45) is 0 Å². The van der Waals surface area contributed by atoms with Gasteiger partial charge in [-0.1, -0.05) is 11.6 Å². The van der Waals surface area contributed by atoms with Crippen LogP contribution in [0.5, 0.6) is 11.5 Å². The highest BCUT2D eigenvalue weighted by molar-refractivity contribution is 9.10. The second-order valence-electron chi connectivity index (χ2n) is 4.14. The molecule has 106 valence electrons. The Morgan fingerprint density at radius 3 is 2.81 bits per heavy atom. The summed E-state index contributed by atoms with van der Waals surface area (Å²) in [4.78, 5) is 15.4. The van der Waals surface area contributed by atoms with Crippen LogP contribution in [0.2, 0.25) is 5.02 Å². The van der Waals surface area contributed by atoms with E-state index >= 15 is 0 Å². The van der Waals surface area contributed by atoms with Gasteiger partial charge in [-0.2, -0.15) is 0 Å². The number of fused-ring (bicyclic) bond motifs is 1. The molecule has 1 aromatic carbocycles. The van der Waals surface area contributed by atoms with Gasteiger partial charge in [-0.25, -0.2) is 4.79 Å². The molecule has 2 aromatic heterocycles. The highest BCUT2D eigenvalue weighted by Crippen LogP contribution is 2.37. The second-order valence-corrected chi connectivity index (χ2v) is 6.52. The number of benzene rings is 1. The Kier molecular flexibility index (Phi) is 3.84. The number of aromatic carboxylic acids is 1. The van der Waals surface area contributed by atoms with Crippen LogP contribution < -0.4 is 4.74 Å². The van der Waals surface area contributed by atoms with Crippen LogP contribution >= 0.6 is 38.9 Å². The smallest absolute Gasteiger partial charge is 0.345 e. The van der Waals surface area contributed by atoms with Gasteiger partial charge in [-0.3, -0.25) is 4.98 Å². The van der Waals surface area contributed by atoms with E-state index in [4.69, 9.17) is 21.4 Å². The summed E-state index contributed by atoms with van der Waals surface area (Å²) in [5.74, 6) is 0.117. The van der Waals surface area contributed by atoms with Gasteiger partial charge < -0.3 is 9.84 Å². The van der Waals surface area contributed by atoms with Gasteiger partial charge in [0.05, 0.1) is 15.4 Å². The normalized spacial score (nSPS) is 10.8. The standard InChI is InChI=1S/C14H7BrClNO3S/c15-9-3-7(16)1-2-10(9)20-11-5-17-6-13-8(11)4-12(21-13)14(18)19/h1-6H,(H,18,19).